The van der Waals surface area contributed by atoms with Crippen LogP contribution in [0.5, 0.6) is 0 Å². The summed E-state index contributed by atoms with van der Waals surface area (Å²) in [4.78, 5) is 11.2. The molecule has 0 amide bonds. The summed E-state index contributed by atoms with van der Waals surface area (Å²) >= 11 is 12.0. The maximum absolute atomic E-state index is 11.2. The molecule has 0 aliphatic heterocycles. The lowest BCUT2D eigenvalue weighted by molar-refractivity contribution is -0.146. The summed E-state index contributed by atoms with van der Waals surface area (Å²) in [6.07, 6.45) is 1.53. The highest BCUT2D eigenvalue weighted by Gasteiger charge is 2.31. The van der Waals surface area contributed by atoms with E-state index in [1.807, 2.05) is 0 Å². The minimum atomic E-state index is -1.18. The van der Waals surface area contributed by atoms with Gasteiger partial charge in [-0.3, -0.25) is 0 Å². The molecule has 100 valence electrons. The zero-order valence-corrected chi connectivity index (χ0v) is 11.8. The molecule has 2 rings (SSSR count). The quantitative estimate of drug-likeness (QED) is 0.946. The van der Waals surface area contributed by atoms with Crippen molar-refractivity contribution in [3.63, 3.8) is 0 Å². The zero-order chi connectivity index (χ0) is 14.2. The molecule has 0 saturated carbocycles. The Morgan fingerprint density at radius 2 is 2.05 bits per heavy atom. The predicted octanol–water partition coefficient (Wildman–Crippen LogP) is 3.07. The number of benzene rings is 1. The van der Waals surface area contributed by atoms with Crippen molar-refractivity contribution in [1.82, 2.24) is 15.0 Å². The van der Waals surface area contributed by atoms with Gasteiger partial charge in [0.1, 0.15) is 5.69 Å². The van der Waals surface area contributed by atoms with E-state index >= 15 is 0 Å². The van der Waals surface area contributed by atoms with Crippen LogP contribution in [0.25, 0.3) is 11.3 Å². The fourth-order valence-electron chi connectivity index (χ4n) is 1.45. The standard InChI is InChI=1S/C12H11Cl2N3O2/c1-12(2,11(18)19)17-6-10(15-16-17)8-5-7(13)3-4-9(8)14/h3-6H,1-2H3,(H,18,19). The summed E-state index contributed by atoms with van der Waals surface area (Å²) in [6.45, 7) is 3.07. The van der Waals surface area contributed by atoms with Crippen molar-refractivity contribution < 1.29 is 9.90 Å². The first-order valence-electron chi connectivity index (χ1n) is 5.44. The van der Waals surface area contributed by atoms with Gasteiger partial charge in [0, 0.05) is 10.6 Å². The normalized spacial score (nSPS) is 11.6. The molecule has 1 heterocycles. The van der Waals surface area contributed by atoms with E-state index in [9.17, 15) is 4.79 Å². The number of halogens is 2. The van der Waals surface area contributed by atoms with Crippen LogP contribution in [-0.2, 0) is 10.3 Å². The van der Waals surface area contributed by atoms with Crippen LogP contribution in [0.4, 0.5) is 0 Å². The van der Waals surface area contributed by atoms with E-state index in [1.54, 1.807) is 18.2 Å². The number of carboxylic acid groups (broad SMARTS) is 1. The number of aliphatic carboxylic acids is 1. The van der Waals surface area contributed by atoms with Crippen LogP contribution in [0.15, 0.2) is 24.4 Å². The topological polar surface area (TPSA) is 68.0 Å². The second kappa shape index (κ2) is 4.83. The van der Waals surface area contributed by atoms with Crippen molar-refractivity contribution in [3.8, 4) is 11.3 Å². The molecule has 0 radical (unpaired) electrons. The third kappa shape index (κ3) is 2.57. The van der Waals surface area contributed by atoms with Crippen molar-refractivity contribution >= 4 is 29.2 Å². The summed E-state index contributed by atoms with van der Waals surface area (Å²) < 4.78 is 1.28. The van der Waals surface area contributed by atoms with E-state index < -0.39 is 11.5 Å². The second-order valence-electron chi connectivity index (χ2n) is 4.54. The monoisotopic (exact) mass is 299 g/mol. The van der Waals surface area contributed by atoms with Crippen LogP contribution < -0.4 is 0 Å². The van der Waals surface area contributed by atoms with Gasteiger partial charge in [-0.15, -0.1) is 5.10 Å². The molecule has 0 aliphatic rings. The molecular formula is C12H11Cl2N3O2. The van der Waals surface area contributed by atoms with Gasteiger partial charge in [-0.25, -0.2) is 9.48 Å². The molecule has 0 atom stereocenters. The van der Waals surface area contributed by atoms with Gasteiger partial charge in [0.15, 0.2) is 5.54 Å². The Morgan fingerprint density at radius 3 is 2.68 bits per heavy atom. The number of aromatic nitrogens is 3. The maximum Gasteiger partial charge on any atom is 0.331 e. The van der Waals surface area contributed by atoms with Gasteiger partial charge < -0.3 is 5.11 Å². The minimum Gasteiger partial charge on any atom is -0.479 e. The Morgan fingerprint density at radius 1 is 1.37 bits per heavy atom. The van der Waals surface area contributed by atoms with Crippen molar-refractivity contribution in [2.45, 2.75) is 19.4 Å². The van der Waals surface area contributed by atoms with Crippen LogP contribution in [0.1, 0.15) is 13.8 Å². The highest BCUT2D eigenvalue weighted by molar-refractivity contribution is 6.35. The average Bonchev–Trinajstić information content (AvgIpc) is 2.82. The highest BCUT2D eigenvalue weighted by atomic mass is 35.5. The van der Waals surface area contributed by atoms with E-state index in [1.165, 1.54) is 24.7 Å². The molecule has 1 aromatic carbocycles. The van der Waals surface area contributed by atoms with Crippen LogP contribution in [0, 0.1) is 0 Å². The van der Waals surface area contributed by atoms with Gasteiger partial charge in [-0.05, 0) is 32.0 Å². The fraction of sp³-hybridized carbons (Fsp3) is 0.250. The molecule has 0 aliphatic carbocycles. The van der Waals surface area contributed by atoms with Gasteiger partial charge in [-0.2, -0.15) is 0 Å². The van der Waals surface area contributed by atoms with E-state index in [2.05, 4.69) is 10.3 Å². The molecular weight excluding hydrogens is 289 g/mol. The molecule has 0 spiro atoms. The number of hydrogen-bond acceptors (Lipinski definition) is 3. The number of nitrogens with zero attached hydrogens (tertiary/aromatic N) is 3. The Balaban J connectivity index is 2.47. The molecule has 2 aromatic rings. The fourth-order valence-corrected chi connectivity index (χ4v) is 1.84. The summed E-state index contributed by atoms with van der Waals surface area (Å²) in [7, 11) is 0. The van der Waals surface area contributed by atoms with Crippen LogP contribution >= 0.6 is 23.2 Å². The Labute approximate surface area is 119 Å². The van der Waals surface area contributed by atoms with Crippen molar-refractivity contribution in [3.05, 3.63) is 34.4 Å². The van der Waals surface area contributed by atoms with E-state index in [0.29, 0.717) is 21.3 Å². The number of hydrogen-bond donors (Lipinski definition) is 1. The van der Waals surface area contributed by atoms with E-state index in [-0.39, 0.29) is 0 Å². The summed E-state index contributed by atoms with van der Waals surface area (Å²) in [5.41, 5.74) is -0.0977. The first-order chi connectivity index (χ1) is 8.82. The molecule has 0 fully saturated rings. The SMILES string of the molecule is CC(C)(C(=O)O)n1cc(-c2cc(Cl)ccc2Cl)nn1. The number of carboxylic acids is 1. The summed E-state index contributed by atoms with van der Waals surface area (Å²) in [5.74, 6) is -0.999. The average molecular weight is 300 g/mol. The van der Waals surface area contributed by atoms with Gasteiger partial charge in [-0.1, -0.05) is 28.4 Å². The predicted molar refractivity (Wildman–Crippen MR) is 72.4 cm³/mol. The molecule has 7 heteroatoms. The third-order valence-corrected chi connectivity index (χ3v) is 3.36. The number of rotatable bonds is 3. The number of carbonyl (C=O) groups is 1. The van der Waals surface area contributed by atoms with Gasteiger partial charge in [0.2, 0.25) is 0 Å². The van der Waals surface area contributed by atoms with Crippen LogP contribution in [-0.4, -0.2) is 26.1 Å². The van der Waals surface area contributed by atoms with Gasteiger partial charge in [0.05, 0.1) is 11.2 Å². The second-order valence-corrected chi connectivity index (χ2v) is 5.38. The Hall–Kier alpha value is -1.59. The largest absolute Gasteiger partial charge is 0.479 e. The lowest BCUT2D eigenvalue weighted by Gasteiger charge is -2.18. The lowest BCUT2D eigenvalue weighted by atomic mass is 10.1. The first-order valence-corrected chi connectivity index (χ1v) is 6.19. The first kappa shape index (κ1) is 13.8. The minimum absolute atomic E-state index is 0.474. The van der Waals surface area contributed by atoms with Crippen LogP contribution in [0.2, 0.25) is 10.0 Å². The molecule has 1 aromatic heterocycles. The maximum atomic E-state index is 11.2. The van der Waals surface area contributed by atoms with E-state index in [0.717, 1.165) is 0 Å². The van der Waals surface area contributed by atoms with Crippen molar-refractivity contribution in [2.24, 2.45) is 0 Å². The molecule has 5 nitrogen and oxygen atoms in total. The van der Waals surface area contributed by atoms with Crippen LogP contribution in [0.3, 0.4) is 0 Å². The lowest BCUT2D eigenvalue weighted by Crippen LogP contribution is -2.36. The molecule has 0 bridgehead atoms. The van der Waals surface area contributed by atoms with Crippen molar-refractivity contribution in [1.29, 1.82) is 0 Å². The molecule has 0 saturated heterocycles. The van der Waals surface area contributed by atoms with Gasteiger partial charge in [0.25, 0.3) is 0 Å². The highest BCUT2D eigenvalue weighted by Crippen LogP contribution is 2.29. The summed E-state index contributed by atoms with van der Waals surface area (Å²) in [6, 6.07) is 4.98. The Bertz CT molecular complexity index is 638. The van der Waals surface area contributed by atoms with Crippen molar-refractivity contribution in [2.75, 3.05) is 0 Å². The molecule has 1 N–H and O–H groups in total. The molecule has 19 heavy (non-hydrogen) atoms. The summed E-state index contributed by atoms with van der Waals surface area (Å²) in [5, 5.41) is 17.9. The van der Waals surface area contributed by atoms with E-state index in [4.69, 9.17) is 28.3 Å². The van der Waals surface area contributed by atoms with Gasteiger partial charge >= 0.3 is 5.97 Å². The third-order valence-electron chi connectivity index (χ3n) is 2.79. The Kier molecular flexibility index (Phi) is 3.52. The smallest absolute Gasteiger partial charge is 0.331 e. The zero-order valence-electron chi connectivity index (χ0n) is 10.3. The molecule has 0 unspecified atom stereocenters.